The number of carboxylic acid groups (broad SMARTS) is 1. The third-order valence-electron chi connectivity index (χ3n) is 4.29. The van der Waals surface area contributed by atoms with Crippen LogP contribution in [0.3, 0.4) is 0 Å². The first kappa shape index (κ1) is 14.3. The number of fused-ring (bicyclic) bond motifs is 2. The Morgan fingerprint density at radius 1 is 1.26 bits per heavy atom. The molecule has 0 bridgehead atoms. The van der Waals surface area contributed by atoms with Gasteiger partial charge in [0.15, 0.2) is 0 Å². The topological polar surface area (TPSA) is 46.5 Å². The van der Waals surface area contributed by atoms with Crippen molar-refractivity contribution < 1.29 is 14.6 Å². The van der Waals surface area contributed by atoms with Gasteiger partial charge in [0.2, 0.25) is 0 Å². The standard InChI is InChI=1S/C19H16O3S/c1-11-6-7-12-10-13(8-9-15(12)22-11)17-14-4-2-3-5-16(14)23-18(17)19(20)21/h2-5,8-11H,6-7H2,1H3,(H,20,21)/t11-/m1/s1. The van der Waals surface area contributed by atoms with Gasteiger partial charge in [0.05, 0.1) is 6.10 Å². The summed E-state index contributed by atoms with van der Waals surface area (Å²) < 4.78 is 6.86. The average Bonchev–Trinajstić information content (AvgIpc) is 2.94. The molecule has 0 amide bonds. The number of hydrogen-bond acceptors (Lipinski definition) is 3. The quantitative estimate of drug-likeness (QED) is 0.723. The summed E-state index contributed by atoms with van der Waals surface area (Å²) in [5.41, 5.74) is 2.93. The van der Waals surface area contributed by atoms with E-state index in [0.29, 0.717) is 4.88 Å². The highest BCUT2D eigenvalue weighted by molar-refractivity contribution is 7.21. The monoisotopic (exact) mass is 324 g/mol. The molecule has 4 rings (SSSR count). The Labute approximate surface area is 138 Å². The Kier molecular flexibility index (Phi) is 3.34. The van der Waals surface area contributed by atoms with Gasteiger partial charge in [-0.15, -0.1) is 11.3 Å². The maximum atomic E-state index is 11.7. The zero-order valence-corrected chi connectivity index (χ0v) is 13.5. The van der Waals surface area contributed by atoms with E-state index in [1.165, 1.54) is 11.3 Å². The molecule has 1 aliphatic rings. The van der Waals surface area contributed by atoms with Gasteiger partial charge in [0, 0.05) is 15.6 Å². The summed E-state index contributed by atoms with van der Waals surface area (Å²) in [6.45, 7) is 2.08. The van der Waals surface area contributed by atoms with E-state index in [4.69, 9.17) is 4.74 Å². The minimum Gasteiger partial charge on any atom is -0.490 e. The number of thiophene rings is 1. The molecule has 1 atom stereocenters. The third kappa shape index (κ3) is 2.39. The molecule has 0 spiro atoms. The normalized spacial score (nSPS) is 16.8. The van der Waals surface area contributed by atoms with Crippen LogP contribution in [0.25, 0.3) is 21.2 Å². The van der Waals surface area contributed by atoms with Gasteiger partial charge < -0.3 is 9.84 Å². The Hall–Kier alpha value is -2.33. The Morgan fingerprint density at radius 2 is 2.09 bits per heavy atom. The largest absolute Gasteiger partial charge is 0.490 e. The van der Waals surface area contributed by atoms with Crippen molar-refractivity contribution in [3.63, 3.8) is 0 Å². The van der Waals surface area contributed by atoms with E-state index in [-0.39, 0.29) is 6.10 Å². The van der Waals surface area contributed by atoms with Crippen LogP contribution in [0, 0.1) is 0 Å². The van der Waals surface area contributed by atoms with E-state index in [2.05, 4.69) is 13.0 Å². The second-order valence-corrected chi connectivity index (χ2v) is 6.95. The first-order valence-corrected chi connectivity index (χ1v) is 8.50. The first-order valence-electron chi connectivity index (χ1n) is 7.68. The van der Waals surface area contributed by atoms with Crippen LogP contribution in [0.15, 0.2) is 42.5 Å². The van der Waals surface area contributed by atoms with Crippen LogP contribution in [-0.2, 0) is 6.42 Å². The summed E-state index contributed by atoms with van der Waals surface area (Å²) in [5, 5.41) is 10.6. The van der Waals surface area contributed by atoms with Crippen LogP contribution in [-0.4, -0.2) is 17.2 Å². The van der Waals surface area contributed by atoms with Gasteiger partial charge in [-0.1, -0.05) is 24.3 Å². The summed E-state index contributed by atoms with van der Waals surface area (Å²) in [6.07, 6.45) is 2.20. The van der Waals surface area contributed by atoms with E-state index in [1.54, 1.807) is 0 Å². The summed E-state index contributed by atoms with van der Waals surface area (Å²) >= 11 is 1.33. The van der Waals surface area contributed by atoms with Crippen molar-refractivity contribution in [3.05, 3.63) is 52.9 Å². The number of aromatic carboxylic acids is 1. The zero-order valence-electron chi connectivity index (χ0n) is 12.7. The number of carbonyl (C=O) groups is 1. The van der Waals surface area contributed by atoms with Crippen molar-refractivity contribution in [2.24, 2.45) is 0 Å². The SMILES string of the molecule is C[C@@H]1CCc2cc(-c3c(C(=O)O)sc4ccccc34)ccc2O1. The third-order valence-corrected chi connectivity index (χ3v) is 5.45. The van der Waals surface area contributed by atoms with E-state index >= 15 is 0 Å². The molecule has 2 heterocycles. The van der Waals surface area contributed by atoms with Crippen LogP contribution in [0.2, 0.25) is 0 Å². The molecule has 0 unspecified atom stereocenters. The molecular formula is C19H16O3S. The van der Waals surface area contributed by atoms with E-state index < -0.39 is 5.97 Å². The lowest BCUT2D eigenvalue weighted by Gasteiger charge is -2.23. The molecule has 23 heavy (non-hydrogen) atoms. The molecule has 0 aliphatic carbocycles. The predicted octanol–water partition coefficient (Wildman–Crippen LogP) is 4.98. The molecule has 1 aromatic heterocycles. The first-order chi connectivity index (χ1) is 11.1. The molecule has 0 fully saturated rings. The van der Waals surface area contributed by atoms with Gasteiger partial charge in [-0.05, 0) is 49.1 Å². The van der Waals surface area contributed by atoms with E-state index in [9.17, 15) is 9.90 Å². The van der Waals surface area contributed by atoms with Gasteiger partial charge in [0.25, 0.3) is 0 Å². The molecule has 0 saturated carbocycles. The van der Waals surface area contributed by atoms with E-state index in [0.717, 1.165) is 45.4 Å². The maximum Gasteiger partial charge on any atom is 0.346 e. The maximum absolute atomic E-state index is 11.7. The summed E-state index contributed by atoms with van der Waals surface area (Å²) in [7, 11) is 0. The van der Waals surface area contributed by atoms with Crippen LogP contribution >= 0.6 is 11.3 Å². The van der Waals surface area contributed by atoms with Crippen molar-refractivity contribution in [2.75, 3.05) is 0 Å². The van der Waals surface area contributed by atoms with Crippen LogP contribution in [0.4, 0.5) is 0 Å². The molecule has 116 valence electrons. The minimum absolute atomic E-state index is 0.241. The number of carboxylic acids is 1. The van der Waals surface area contributed by atoms with Crippen LogP contribution in [0.1, 0.15) is 28.6 Å². The molecule has 2 aromatic carbocycles. The van der Waals surface area contributed by atoms with Crippen LogP contribution in [0.5, 0.6) is 5.75 Å². The summed E-state index contributed by atoms with van der Waals surface area (Å²) in [6, 6.07) is 13.9. The average molecular weight is 324 g/mol. The molecular weight excluding hydrogens is 308 g/mol. The second kappa shape index (κ2) is 5.39. The highest BCUT2D eigenvalue weighted by Gasteiger charge is 2.21. The summed E-state index contributed by atoms with van der Waals surface area (Å²) in [4.78, 5) is 12.1. The van der Waals surface area contributed by atoms with Gasteiger partial charge in [0.1, 0.15) is 10.6 Å². The predicted molar refractivity (Wildman–Crippen MR) is 92.6 cm³/mol. The smallest absolute Gasteiger partial charge is 0.346 e. The van der Waals surface area contributed by atoms with Crippen molar-refractivity contribution in [2.45, 2.75) is 25.9 Å². The highest BCUT2D eigenvalue weighted by atomic mass is 32.1. The fraction of sp³-hybridized carbons (Fsp3) is 0.211. The Balaban J connectivity index is 1.92. The molecule has 0 saturated heterocycles. The lowest BCUT2D eigenvalue weighted by Crippen LogP contribution is -2.18. The van der Waals surface area contributed by atoms with Crippen molar-refractivity contribution in [1.82, 2.24) is 0 Å². The van der Waals surface area contributed by atoms with Gasteiger partial charge in [-0.2, -0.15) is 0 Å². The fourth-order valence-electron chi connectivity index (χ4n) is 3.16. The Bertz CT molecular complexity index is 910. The van der Waals surface area contributed by atoms with Gasteiger partial charge in [-0.25, -0.2) is 4.79 Å². The van der Waals surface area contributed by atoms with E-state index in [1.807, 2.05) is 36.4 Å². The highest BCUT2D eigenvalue weighted by Crippen LogP contribution is 2.41. The number of rotatable bonds is 2. The second-order valence-electron chi connectivity index (χ2n) is 5.90. The van der Waals surface area contributed by atoms with Crippen LogP contribution < -0.4 is 4.74 Å². The van der Waals surface area contributed by atoms with Crippen molar-refractivity contribution >= 4 is 27.4 Å². The molecule has 4 heteroatoms. The fourth-order valence-corrected chi connectivity index (χ4v) is 4.23. The van der Waals surface area contributed by atoms with Gasteiger partial charge in [-0.3, -0.25) is 0 Å². The molecule has 0 radical (unpaired) electrons. The number of aryl methyl sites for hydroxylation is 1. The zero-order chi connectivity index (χ0) is 16.0. The molecule has 3 aromatic rings. The van der Waals surface area contributed by atoms with Crippen molar-refractivity contribution in [3.8, 4) is 16.9 Å². The molecule has 1 N–H and O–H groups in total. The molecule has 3 nitrogen and oxygen atoms in total. The Morgan fingerprint density at radius 3 is 2.91 bits per heavy atom. The molecule has 1 aliphatic heterocycles. The number of benzene rings is 2. The minimum atomic E-state index is -0.871. The number of ether oxygens (including phenoxy) is 1. The van der Waals surface area contributed by atoms with Crippen molar-refractivity contribution in [1.29, 1.82) is 0 Å². The summed E-state index contributed by atoms with van der Waals surface area (Å²) in [5.74, 6) is 0.0488. The lowest BCUT2D eigenvalue weighted by molar-refractivity contribution is 0.0703. The number of hydrogen-bond donors (Lipinski definition) is 1. The van der Waals surface area contributed by atoms with Gasteiger partial charge >= 0.3 is 5.97 Å². The lowest BCUT2D eigenvalue weighted by atomic mass is 9.96.